The fourth-order valence-electron chi connectivity index (χ4n) is 6.11. The van der Waals surface area contributed by atoms with E-state index in [0.29, 0.717) is 25.7 Å². The summed E-state index contributed by atoms with van der Waals surface area (Å²) < 4.78 is 11.2. The summed E-state index contributed by atoms with van der Waals surface area (Å²) in [6.07, 6.45) is 4.52. The summed E-state index contributed by atoms with van der Waals surface area (Å²) in [4.78, 5) is 17.5. The van der Waals surface area contributed by atoms with Crippen molar-refractivity contribution >= 4 is 5.97 Å². The summed E-state index contributed by atoms with van der Waals surface area (Å²) in [5.74, 6) is -0.0529. The van der Waals surface area contributed by atoms with Crippen LogP contribution in [0.2, 0.25) is 0 Å². The molecule has 2 heterocycles. The summed E-state index contributed by atoms with van der Waals surface area (Å²) in [7, 11) is 0. The number of allylic oxidation sites excluding steroid dienone is 1. The molecule has 0 bridgehead atoms. The first-order valence-electron chi connectivity index (χ1n) is 11.7. The Labute approximate surface area is 180 Å². The molecule has 170 valence electrons. The monoisotopic (exact) mass is 422 g/mol. The van der Waals surface area contributed by atoms with Gasteiger partial charge in [-0.05, 0) is 18.8 Å². The van der Waals surface area contributed by atoms with Crippen LogP contribution in [0.15, 0.2) is 11.6 Å². The van der Waals surface area contributed by atoms with Gasteiger partial charge in [0.15, 0.2) is 0 Å². The van der Waals surface area contributed by atoms with Gasteiger partial charge in [-0.3, -0.25) is 14.6 Å². The van der Waals surface area contributed by atoms with Crippen LogP contribution in [0, 0.1) is 23.2 Å². The summed E-state index contributed by atoms with van der Waals surface area (Å²) in [6, 6.07) is 0. The van der Waals surface area contributed by atoms with Gasteiger partial charge in [0, 0.05) is 57.0 Å². The lowest BCUT2D eigenvalue weighted by Crippen LogP contribution is -2.55. The minimum atomic E-state index is -0.529. The Bertz CT molecular complexity index is 648. The second-order valence-electron chi connectivity index (χ2n) is 9.78. The highest BCUT2D eigenvalue weighted by Gasteiger charge is 2.59. The zero-order valence-corrected chi connectivity index (χ0v) is 18.5. The molecule has 0 radical (unpaired) electrons. The van der Waals surface area contributed by atoms with Crippen LogP contribution < -0.4 is 0 Å². The zero-order chi connectivity index (χ0) is 21.3. The average molecular weight is 423 g/mol. The number of rotatable bonds is 7. The molecule has 4 rings (SSSR count). The lowest BCUT2D eigenvalue weighted by atomic mass is 9.55. The van der Waals surface area contributed by atoms with Crippen LogP contribution in [-0.2, 0) is 14.3 Å². The summed E-state index contributed by atoms with van der Waals surface area (Å²) in [5.41, 5.74) is 1.05. The number of esters is 1. The molecule has 2 N–H and O–H groups in total. The van der Waals surface area contributed by atoms with Crippen molar-refractivity contribution < 1.29 is 24.5 Å². The smallest absolute Gasteiger partial charge is 0.311 e. The van der Waals surface area contributed by atoms with Gasteiger partial charge in [-0.15, -0.1) is 0 Å². The Morgan fingerprint density at radius 1 is 1.23 bits per heavy atom. The second kappa shape index (κ2) is 9.25. The molecule has 0 aromatic rings. The number of aliphatic hydroxyl groups is 2. The number of hydrogen-bond acceptors (Lipinski definition) is 7. The Morgan fingerprint density at radius 2 is 1.97 bits per heavy atom. The number of aliphatic hydroxyl groups excluding tert-OH is 2. The molecule has 3 fully saturated rings. The molecule has 0 amide bonds. The van der Waals surface area contributed by atoms with Crippen molar-refractivity contribution in [1.82, 2.24) is 9.80 Å². The Kier molecular flexibility index (Phi) is 6.85. The van der Waals surface area contributed by atoms with Crippen molar-refractivity contribution in [1.29, 1.82) is 0 Å². The molecule has 7 nitrogen and oxygen atoms in total. The molecular formula is C23H38N2O5. The predicted molar refractivity (Wildman–Crippen MR) is 113 cm³/mol. The summed E-state index contributed by atoms with van der Waals surface area (Å²) in [5, 5.41) is 20.3. The highest BCUT2D eigenvalue weighted by Crippen LogP contribution is 2.56. The molecule has 0 unspecified atom stereocenters. The van der Waals surface area contributed by atoms with E-state index in [1.165, 1.54) is 5.57 Å². The first-order chi connectivity index (χ1) is 14.4. The maximum Gasteiger partial charge on any atom is 0.311 e. The topological polar surface area (TPSA) is 82.5 Å². The second-order valence-corrected chi connectivity index (χ2v) is 9.78. The van der Waals surface area contributed by atoms with Crippen molar-refractivity contribution in [3.63, 3.8) is 0 Å². The van der Waals surface area contributed by atoms with E-state index in [-0.39, 0.29) is 35.9 Å². The van der Waals surface area contributed by atoms with Crippen LogP contribution in [-0.4, -0.2) is 97.3 Å². The Balaban J connectivity index is 1.36. The van der Waals surface area contributed by atoms with E-state index >= 15 is 0 Å². The van der Waals surface area contributed by atoms with Crippen LogP contribution in [0.5, 0.6) is 0 Å². The summed E-state index contributed by atoms with van der Waals surface area (Å²) in [6.45, 7) is 10.8. The lowest BCUT2D eigenvalue weighted by molar-refractivity contribution is -0.145. The normalized spacial score (nSPS) is 39.9. The Morgan fingerprint density at radius 3 is 2.70 bits per heavy atom. The van der Waals surface area contributed by atoms with Crippen LogP contribution in [0.3, 0.4) is 0 Å². The van der Waals surface area contributed by atoms with Crippen LogP contribution >= 0.6 is 0 Å². The van der Waals surface area contributed by atoms with Gasteiger partial charge in [-0.25, -0.2) is 0 Å². The molecule has 0 aromatic carbocycles. The van der Waals surface area contributed by atoms with Gasteiger partial charge in [0.25, 0.3) is 0 Å². The molecular weight excluding hydrogens is 384 g/mol. The van der Waals surface area contributed by atoms with E-state index in [0.717, 1.165) is 52.0 Å². The van der Waals surface area contributed by atoms with Crippen LogP contribution in [0.25, 0.3) is 0 Å². The quantitative estimate of drug-likeness (QED) is 0.358. The number of fused-ring (bicyclic) bond motifs is 2. The van der Waals surface area contributed by atoms with Crippen molar-refractivity contribution in [3.8, 4) is 0 Å². The number of hydrogen-bond donors (Lipinski definition) is 2. The van der Waals surface area contributed by atoms with Gasteiger partial charge in [-0.2, -0.15) is 0 Å². The number of nitrogens with zero attached hydrogens (tertiary/aromatic N) is 2. The van der Waals surface area contributed by atoms with Gasteiger partial charge in [0.2, 0.25) is 0 Å². The first kappa shape index (κ1) is 22.2. The molecule has 30 heavy (non-hydrogen) atoms. The van der Waals surface area contributed by atoms with Gasteiger partial charge >= 0.3 is 5.97 Å². The number of ether oxygens (including phenoxy) is 2. The minimum absolute atomic E-state index is 0.0639. The molecule has 6 atom stereocenters. The van der Waals surface area contributed by atoms with E-state index in [9.17, 15) is 9.90 Å². The molecule has 2 saturated heterocycles. The number of carbonyl (C=O) groups is 1. The summed E-state index contributed by atoms with van der Waals surface area (Å²) >= 11 is 0. The highest BCUT2D eigenvalue weighted by atomic mass is 16.6. The van der Waals surface area contributed by atoms with E-state index in [1.54, 1.807) is 0 Å². The lowest BCUT2D eigenvalue weighted by Gasteiger charge is -2.52. The molecule has 1 saturated carbocycles. The van der Waals surface area contributed by atoms with Crippen LogP contribution in [0.1, 0.15) is 33.1 Å². The van der Waals surface area contributed by atoms with E-state index in [2.05, 4.69) is 29.7 Å². The highest BCUT2D eigenvalue weighted by molar-refractivity contribution is 5.76. The van der Waals surface area contributed by atoms with Crippen molar-refractivity contribution in [2.75, 3.05) is 59.1 Å². The van der Waals surface area contributed by atoms with Crippen molar-refractivity contribution in [2.45, 2.75) is 45.3 Å². The predicted octanol–water partition coefficient (Wildman–Crippen LogP) is 0.898. The average Bonchev–Trinajstić information content (AvgIpc) is 3.04. The van der Waals surface area contributed by atoms with E-state index in [1.807, 2.05) is 0 Å². The van der Waals surface area contributed by atoms with E-state index in [4.69, 9.17) is 14.6 Å². The fraction of sp³-hybridized carbons (Fsp3) is 0.870. The standard InChI is InChI=1S/C23H38N2O5/c1-16-4-3-5-17-14-19-20(21(27)23(16,17)2)18(22(28)30-19)15-25-8-6-24(7-9-25)10-12-29-13-11-26/h5,16,18-21,26-27H,3-4,6-15H2,1-2H3/t16-,18+,19+,20+,21-,23+/m0/s1. The maximum atomic E-state index is 12.8. The molecule has 2 aliphatic heterocycles. The maximum absolute atomic E-state index is 12.8. The first-order valence-corrected chi connectivity index (χ1v) is 11.7. The third kappa shape index (κ3) is 4.07. The third-order valence-electron chi connectivity index (χ3n) is 8.28. The van der Waals surface area contributed by atoms with Crippen molar-refractivity contribution in [3.05, 3.63) is 11.6 Å². The SMILES string of the molecule is C[C@H]1CCC=C2C[C@H]3OC(=O)[C@H](CN4CCN(CCOCCO)CC4)[C@H]3[C@H](O)[C@@]21C. The molecule has 0 spiro atoms. The fourth-order valence-corrected chi connectivity index (χ4v) is 6.11. The van der Waals surface area contributed by atoms with Gasteiger partial charge in [-0.1, -0.05) is 25.5 Å². The number of carbonyl (C=O) groups excluding carboxylic acids is 1. The van der Waals surface area contributed by atoms with Gasteiger partial charge < -0.3 is 19.7 Å². The molecule has 4 aliphatic rings. The molecule has 2 aliphatic carbocycles. The molecule has 7 heteroatoms. The van der Waals surface area contributed by atoms with Gasteiger partial charge in [0.05, 0.1) is 31.8 Å². The van der Waals surface area contributed by atoms with Crippen molar-refractivity contribution in [2.24, 2.45) is 23.2 Å². The minimum Gasteiger partial charge on any atom is -0.461 e. The zero-order valence-electron chi connectivity index (χ0n) is 18.5. The van der Waals surface area contributed by atoms with Gasteiger partial charge in [0.1, 0.15) is 6.10 Å². The Hall–Kier alpha value is -0.990. The number of piperazine rings is 1. The van der Waals surface area contributed by atoms with Crippen LogP contribution in [0.4, 0.5) is 0 Å². The largest absolute Gasteiger partial charge is 0.461 e. The molecule has 0 aromatic heterocycles. The third-order valence-corrected chi connectivity index (χ3v) is 8.28. The van der Waals surface area contributed by atoms with E-state index < -0.39 is 6.10 Å².